The van der Waals surface area contributed by atoms with Gasteiger partial charge in [-0.2, -0.15) is 0 Å². The van der Waals surface area contributed by atoms with E-state index >= 15 is 0 Å². The fraction of sp³-hybridized carbons (Fsp3) is 0.320. The molecule has 3 aromatic rings. The Bertz CT molecular complexity index is 1360. The third kappa shape index (κ3) is 2.42. The van der Waals surface area contributed by atoms with Crippen LogP contribution in [0.3, 0.4) is 0 Å². The van der Waals surface area contributed by atoms with E-state index in [0.717, 1.165) is 11.1 Å². The zero-order chi connectivity index (χ0) is 22.8. The van der Waals surface area contributed by atoms with Crippen molar-refractivity contribution in [3.8, 4) is 0 Å². The highest BCUT2D eigenvalue weighted by atomic mass is 16.5. The van der Waals surface area contributed by atoms with E-state index in [9.17, 15) is 14.4 Å². The number of amides is 2. The topological polar surface area (TPSA) is 80.1 Å². The number of hydrogen-bond acceptors (Lipinski definition) is 5. The predicted octanol–water partition coefficient (Wildman–Crippen LogP) is 3.12. The van der Waals surface area contributed by atoms with Crippen molar-refractivity contribution >= 4 is 28.5 Å². The Kier molecular flexibility index (Phi) is 4.49. The Labute approximate surface area is 185 Å². The molecule has 2 aliphatic rings. The van der Waals surface area contributed by atoms with Crippen LogP contribution in [0.15, 0.2) is 45.6 Å². The summed E-state index contributed by atoms with van der Waals surface area (Å²) in [5, 5.41) is 0.373. The van der Waals surface area contributed by atoms with Gasteiger partial charge in [-0.3, -0.25) is 14.4 Å². The number of rotatable bonds is 4. The molecule has 2 aromatic carbocycles. The number of methoxy groups -OCH3 is 1. The normalized spacial score (nSPS) is 19.4. The van der Waals surface area contributed by atoms with Crippen LogP contribution >= 0.6 is 0 Å². The number of hydrogen-bond donors (Lipinski definition) is 0. The van der Waals surface area contributed by atoms with Gasteiger partial charge in [-0.05, 0) is 49.6 Å². The van der Waals surface area contributed by atoms with Gasteiger partial charge in [0, 0.05) is 38.6 Å². The fourth-order valence-corrected chi connectivity index (χ4v) is 5.02. The van der Waals surface area contributed by atoms with Crippen molar-refractivity contribution in [1.29, 1.82) is 0 Å². The van der Waals surface area contributed by atoms with Crippen molar-refractivity contribution in [1.82, 2.24) is 4.90 Å². The standard InChI is InChI=1S/C25H24N2O5/c1-14-12-16-19(13-15(14)2)32-22-20(21(16)28)25(27(23(22)29)10-7-11-31-4)17-8-5-6-9-18(17)26(3)24(25)30/h5-6,8-9,12-13H,7,10-11H2,1-4H3/t25-/m0/s1. The molecule has 7 nitrogen and oxygen atoms in total. The summed E-state index contributed by atoms with van der Waals surface area (Å²) < 4.78 is 11.2. The lowest BCUT2D eigenvalue weighted by Crippen LogP contribution is -2.53. The molecule has 0 N–H and O–H groups in total. The SMILES string of the molecule is COCCCN1C(=O)c2oc3cc(C)c(C)cc3c(=O)c2[C@@]12C(=O)N(C)c1ccccc12. The number of fused-ring (bicyclic) bond motifs is 5. The van der Waals surface area contributed by atoms with Gasteiger partial charge in [0.1, 0.15) is 5.58 Å². The minimum absolute atomic E-state index is 0.0541. The molecule has 0 fully saturated rings. The van der Waals surface area contributed by atoms with Gasteiger partial charge >= 0.3 is 0 Å². The molecular weight excluding hydrogens is 408 g/mol. The first-order chi connectivity index (χ1) is 15.3. The summed E-state index contributed by atoms with van der Waals surface area (Å²) in [5.41, 5.74) is 1.77. The Morgan fingerprint density at radius 1 is 1.06 bits per heavy atom. The molecule has 1 atom stereocenters. The largest absolute Gasteiger partial charge is 0.450 e. The van der Waals surface area contributed by atoms with Crippen molar-refractivity contribution in [2.24, 2.45) is 0 Å². The molecule has 1 aromatic heterocycles. The molecule has 0 saturated heterocycles. The van der Waals surface area contributed by atoms with Crippen LogP contribution in [0, 0.1) is 13.8 Å². The predicted molar refractivity (Wildman–Crippen MR) is 120 cm³/mol. The molecular formula is C25H24N2O5. The number of likely N-dealkylation sites (N-methyl/N-ethyl adjacent to an activating group) is 1. The molecule has 0 unspecified atom stereocenters. The molecule has 2 aliphatic heterocycles. The number of aryl methyl sites for hydroxylation is 2. The molecule has 164 valence electrons. The third-order valence-corrected chi connectivity index (χ3v) is 6.71. The minimum atomic E-state index is -1.54. The maximum atomic E-state index is 13.9. The molecule has 32 heavy (non-hydrogen) atoms. The zero-order valence-electron chi connectivity index (χ0n) is 18.5. The van der Waals surface area contributed by atoms with E-state index < -0.39 is 11.4 Å². The van der Waals surface area contributed by atoms with Gasteiger partial charge in [0.25, 0.3) is 11.8 Å². The highest BCUT2D eigenvalue weighted by Gasteiger charge is 2.64. The second-order valence-corrected chi connectivity index (χ2v) is 8.46. The molecule has 0 saturated carbocycles. The van der Waals surface area contributed by atoms with Crippen molar-refractivity contribution < 1.29 is 18.7 Å². The summed E-state index contributed by atoms with van der Waals surface area (Å²) in [7, 11) is 3.25. The number of anilines is 1. The lowest BCUT2D eigenvalue weighted by atomic mass is 9.83. The number of benzene rings is 2. The van der Waals surface area contributed by atoms with Crippen LogP contribution in [-0.4, -0.2) is 44.0 Å². The van der Waals surface area contributed by atoms with Gasteiger partial charge in [-0.15, -0.1) is 0 Å². The van der Waals surface area contributed by atoms with Crippen LogP contribution in [0.2, 0.25) is 0 Å². The van der Waals surface area contributed by atoms with Crippen LogP contribution in [0.5, 0.6) is 0 Å². The van der Waals surface area contributed by atoms with Crippen molar-refractivity contribution in [3.05, 3.63) is 74.6 Å². The number of carbonyl (C=O) groups excluding carboxylic acids is 2. The second kappa shape index (κ2) is 7.03. The average Bonchev–Trinajstić information content (AvgIpc) is 3.15. The van der Waals surface area contributed by atoms with E-state index in [0.29, 0.717) is 35.2 Å². The maximum absolute atomic E-state index is 13.9. The number of para-hydroxylation sites is 1. The molecule has 3 heterocycles. The summed E-state index contributed by atoms with van der Waals surface area (Å²) in [6.45, 7) is 4.51. The highest BCUT2D eigenvalue weighted by Crippen LogP contribution is 2.52. The molecule has 7 heteroatoms. The first kappa shape index (κ1) is 20.5. The number of nitrogens with zero attached hydrogens (tertiary/aromatic N) is 2. The van der Waals surface area contributed by atoms with Crippen molar-refractivity contribution in [2.75, 3.05) is 32.2 Å². The van der Waals surface area contributed by atoms with Crippen LogP contribution < -0.4 is 10.3 Å². The lowest BCUT2D eigenvalue weighted by molar-refractivity contribution is -0.125. The quantitative estimate of drug-likeness (QED) is 0.592. The van der Waals surface area contributed by atoms with Crippen LogP contribution in [-0.2, 0) is 15.1 Å². The smallest absolute Gasteiger partial charge is 0.291 e. The summed E-state index contributed by atoms with van der Waals surface area (Å²) in [5.74, 6) is -0.841. The van der Waals surface area contributed by atoms with E-state index in [4.69, 9.17) is 9.15 Å². The summed E-state index contributed by atoms with van der Waals surface area (Å²) in [6.07, 6.45) is 0.517. The van der Waals surface area contributed by atoms with Crippen molar-refractivity contribution in [2.45, 2.75) is 25.8 Å². The number of ether oxygens (including phenoxy) is 1. The fourth-order valence-electron chi connectivity index (χ4n) is 5.02. The molecule has 0 aliphatic carbocycles. The highest BCUT2D eigenvalue weighted by molar-refractivity contribution is 6.16. The van der Waals surface area contributed by atoms with Crippen LogP contribution in [0.1, 0.15) is 39.2 Å². The van der Waals surface area contributed by atoms with E-state index in [1.54, 1.807) is 26.3 Å². The monoisotopic (exact) mass is 432 g/mol. The average molecular weight is 432 g/mol. The summed E-state index contributed by atoms with van der Waals surface area (Å²) >= 11 is 0. The number of carbonyl (C=O) groups is 2. The van der Waals surface area contributed by atoms with E-state index in [1.165, 1.54) is 9.80 Å². The third-order valence-electron chi connectivity index (χ3n) is 6.71. The minimum Gasteiger partial charge on any atom is -0.450 e. The summed E-state index contributed by atoms with van der Waals surface area (Å²) in [4.78, 5) is 44.4. The molecule has 1 spiro atoms. The summed E-state index contributed by atoms with van der Waals surface area (Å²) in [6, 6.07) is 10.8. The van der Waals surface area contributed by atoms with Gasteiger partial charge < -0.3 is 19.0 Å². The van der Waals surface area contributed by atoms with Crippen LogP contribution in [0.4, 0.5) is 5.69 Å². The van der Waals surface area contributed by atoms with E-state index in [1.807, 2.05) is 38.1 Å². The van der Waals surface area contributed by atoms with Gasteiger partial charge in [-0.25, -0.2) is 0 Å². The molecule has 0 radical (unpaired) electrons. The molecule has 5 rings (SSSR count). The maximum Gasteiger partial charge on any atom is 0.291 e. The van der Waals surface area contributed by atoms with Gasteiger partial charge in [0.15, 0.2) is 11.0 Å². The second-order valence-electron chi connectivity index (χ2n) is 8.46. The van der Waals surface area contributed by atoms with Crippen LogP contribution in [0.25, 0.3) is 11.0 Å². The van der Waals surface area contributed by atoms with Gasteiger partial charge in [0.05, 0.1) is 10.9 Å². The zero-order valence-corrected chi connectivity index (χ0v) is 18.5. The Morgan fingerprint density at radius 2 is 1.78 bits per heavy atom. The first-order valence-corrected chi connectivity index (χ1v) is 10.6. The lowest BCUT2D eigenvalue weighted by Gasteiger charge is -2.33. The van der Waals surface area contributed by atoms with Crippen molar-refractivity contribution in [3.63, 3.8) is 0 Å². The van der Waals surface area contributed by atoms with E-state index in [2.05, 4.69) is 0 Å². The van der Waals surface area contributed by atoms with Gasteiger partial charge in [0.2, 0.25) is 5.76 Å². The molecule has 0 bridgehead atoms. The molecule has 2 amide bonds. The van der Waals surface area contributed by atoms with Gasteiger partial charge in [-0.1, -0.05) is 18.2 Å². The van der Waals surface area contributed by atoms with E-state index in [-0.39, 0.29) is 29.2 Å². The Morgan fingerprint density at radius 3 is 2.53 bits per heavy atom. The Balaban J connectivity index is 1.88. The Hall–Kier alpha value is -3.45. The first-order valence-electron chi connectivity index (χ1n) is 10.6.